The lowest BCUT2D eigenvalue weighted by atomic mass is 9.96. The topological polar surface area (TPSA) is 24.1 Å². The van der Waals surface area contributed by atoms with Crippen LogP contribution in [0.15, 0.2) is 24.3 Å². The van der Waals surface area contributed by atoms with E-state index in [0.717, 1.165) is 32.0 Å². The highest BCUT2D eigenvalue weighted by atomic mass is 15.0. The SMILES string of the molecule is CC(C)CCCCNCC1Cc2ccccc2CN1. The van der Waals surface area contributed by atoms with Crippen LogP contribution in [0.1, 0.15) is 44.2 Å². The lowest BCUT2D eigenvalue weighted by molar-refractivity contribution is 0.439. The van der Waals surface area contributed by atoms with Gasteiger partial charge >= 0.3 is 0 Å². The Kier molecular flexibility index (Phi) is 5.87. The van der Waals surface area contributed by atoms with Crippen molar-refractivity contribution in [1.29, 1.82) is 0 Å². The number of rotatable bonds is 7. The van der Waals surface area contributed by atoms with Crippen LogP contribution in [-0.4, -0.2) is 19.1 Å². The molecule has 0 amide bonds. The Labute approximate surface area is 118 Å². The molecule has 0 fully saturated rings. The van der Waals surface area contributed by atoms with Gasteiger partial charge in [-0.3, -0.25) is 0 Å². The van der Waals surface area contributed by atoms with Gasteiger partial charge in [-0.15, -0.1) is 0 Å². The Bertz CT molecular complexity index is 373. The number of unbranched alkanes of at least 4 members (excludes halogenated alkanes) is 1. The minimum absolute atomic E-state index is 0.597. The first-order chi connectivity index (χ1) is 9.25. The smallest absolute Gasteiger partial charge is 0.0236 e. The predicted octanol–water partition coefficient (Wildman–Crippen LogP) is 3.12. The van der Waals surface area contributed by atoms with Gasteiger partial charge in [0, 0.05) is 19.1 Å². The molecule has 2 rings (SSSR count). The summed E-state index contributed by atoms with van der Waals surface area (Å²) in [4.78, 5) is 0. The molecule has 1 aliphatic rings. The van der Waals surface area contributed by atoms with Crippen LogP contribution in [0.25, 0.3) is 0 Å². The van der Waals surface area contributed by atoms with E-state index >= 15 is 0 Å². The van der Waals surface area contributed by atoms with Crippen molar-refractivity contribution in [3.8, 4) is 0 Å². The van der Waals surface area contributed by atoms with Gasteiger partial charge < -0.3 is 10.6 Å². The first-order valence-electron chi connectivity index (χ1n) is 7.76. The molecule has 2 N–H and O–H groups in total. The van der Waals surface area contributed by atoms with E-state index in [2.05, 4.69) is 48.7 Å². The minimum Gasteiger partial charge on any atom is -0.315 e. The van der Waals surface area contributed by atoms with Crippen LogP contribution in [0.5, 0.6) is 0 Å². The van der Waals surface area contributed by atoms with E-state index in [1.54, 1.807) is 0 Å². The molecule has 106 valence electrons. The van der Waals surface area contributed by atoms with Crippen LogP contribution >= 0.6 is 0 Å². The van der Waals surface area contributed by atoms with E-state index in [9.17, 15) is 0 Å². The molecule has 1 aromatic carbocycles. The molecule has 2 nitrogen and oxygen atoms in total. The lowest BCUT2D eigenvalue weighted by Gasteiger charge is -2.26. The first kappa shape index (κ1) is 14.5. The van der Waals surface area contributed by atoms with Gasteiger partial charge in [0.15, 0.2) is 0 Å². The molecular weight excluding hydrogens is 232 g/mol. The van der Waals surface area contributed by atoms with Crippen molar-refractivity contribution in [3.05, 3.63) is 35.4 Å². The third kappa shape index (κ3) is 4.96. The predicted molar refractivity (Wildman–Crippen MR) is 82.3 cm³/mol. The lowest BCUT2D eigenvalue weighted by Crippen LogP contribution is -2.43. The molecule has 0 aliphatic carbocycles. The van der Waals surface area contributed by atoms with E-state index in [-0.39, 0.29) is 0 Å². The van der Waals surface area contributed by atoms with Gasteiger partial charge in [0.05, 0.1) is 0 Å². The summed E-state index contributed by atoms with van der Waals surface area (Å²) in [5.41, 5.74) is 2.99. The number of benzene rings is 1. The van der Waals surface area contributed by atoms with E-state index < -0.39 is 0 Å². The van der Waals surface area contributed by atoms with Crippen molar-refractivity contribution in [2.45, 2.75) is 52.1 Å². The molecule has 1 heterocycles. The van der Waals surface area contributed by atoms with Gasteiger partial charge in [0.2, 0.25) is 0 Å². The van der Waals surface area contributed by atoms with Gasteiger partial charge in [-0.1, -0.05) is 51.0 Å². The molecule has 2 heteroatoms. The van der Waals surface area contributed by atoms with E-state index in [1.807, 2.05) is 0 Å². The molecule has 1 aliphatic heterocycles. The molecule has 0 saturated heterocycles. The fourth-order valence-electron chi connectivity index (χ4n) is 2.74. The Balaban J connectivity index is 1.61. The Morgan fingerprint density at radius 3 is 2.79 bits per heavy atom. The Morgan fingerprint density at radius 1 is 1.21 bits per heavy atom. The molecule has 0 radical (unpaired) electrons. The highest BCUT2D eigenvalue weighted by Crippen LogP contribution is 2.15. The number of hydrogen-bond donors (Lipinski definition) is 2. The van der Waals surface area contributed by atoms with Crippen LogP contribution in [0.4, 0.5) is 0 Å². The minimum atomic E-state index is 0.597. The summed E-state index contributed by atoms with van der Waals surface area (Å²) >= 11 is 0. The number of nitrogens with one attached hydrogen (secondary N) is 2. The first-order valence-corrected chi connectivity index (χ1v) is 7.76. The Morgan fingerprint density at radius 2 is 2.00 bits per heavy atom. The van der Waals surface area contributed by atoms with E-state index in [1.165, 1.54) is 30.4 Å². The van der Waals surface area contributed by atoms with E-state index in [4.69, 9.17) is 0 Å². The summed E-state index contributed by atoms with van der Waals surface area (Å²) in [5.74, 6) is 0.844. The largest absolute Gasteiger partial charge is 0.315 e. The second kappa shape index (κ2) is 7.66. The molecule has 1 aromatic rings. The van der Waals surface area contributed by atoms with E-state index in [0.29, 0.717) is 6.04 Å². The third-order valence-electron chi connectivity index (χ3n) is 3.94. The third-order valence-corrected chi connectivity index (χ3v) is 3.94. The molecule has 0 aromatic heterocycles. The molecule has 0 spiro atoms. The maximum atomic E-state index is 3.62. The maximum Gasteiger partial charge on any atom is 0.0236 e. The highest BCUT2D eigenvalue weighted by Gasteiger charge is 2.16. The van der Waals surface area contributed by atoms with Gasteiger partial charge in [-0.25, -0.2) is 0 Å². The molecule has 0 saturated carbocycles. The quantitative estimate of drug-likeness (QED) is 0.736. The van der Waals surface area contributed by atoms with Gasteiger partial charge in [-0.2, -0.15) is 0 Å². The fourth-order valence-corrected chi connectivity index (χ4v) is 2.74. The second-order valence-corrected chi connectivity index (χ2v) is 6.14. The van der Waals surface area contributed by atoms with Gasteiger partial charge in [0.1, 0.15) is 0 Å². The summed E-state index contributed by atoms with van der Waals surface area (Å²) < 4.78 is 0. The van der Waals surface area contributed by atoms with Crippen LogP contribution in [0, 0.1) is 5.92 Å². The van der Waals surface area contributed by atoms with Crippen LogP contribution in [0.3, 0.4) is 0 Å². The van der Waals surface area contributed by atoms with Crippen LogP contribution < -0.4 is 10.6 Å². The molecule has 19 heavy (non-hydrogen) atoms. The summed E-state index contributed by atoms with van der Waals surface area (Å²) in [6.07, 6.45) is 5.18. The van der Waals surface area contributed by atoms with Crippen molar-refractivity contribution in [1.82, 2.24) is 10.6 Å². The maximum absolute atomic E-state index is 3.62. The molecule has 0 bridgehead atoms. The average Bonchev–Trinajstić information content (AvgIpc) is 2.42. The zero-order valence-electron chi connectivity index (χ0n) is 12.4. The summed E-state index contributed by atoms with van der Waals surface area (Å²) in [7, 11) is 0. The zero-order chi connectivity index (χ0) is 13.5. The van der Waals surface area contributed by atoms with Crippen molar-refractivity contribution in [2.24, 2.45) is 5.92 Å². The fraction of sp³-hybridized carbons (Fsp3) is 0.647. The van der Waals surface area contributed by atoms with Crippen molar-refractivity contribution in [3.63, 3.8) is 0 Å². The standard InChI is InChI=1S/C17H28N2/c1-14(2)7-5-6-10-18-13-17-11-15-8-3-4-9-16(15)12-19-17/h3-4,8-9,14,17-19H,5-7,10-13H2,1-2H3. The number of fused-ring (bicyclic) bond motifs is 1. The van der Waals surface area contributed by atoms with Crippen molar-refractivity contribution in [2.75, 3.05) is 13.1 Å². The van der Waals surface area contributed by atoms with Crippen molar-refractivity contribution >= 4 is 0 Å². The highest BCUT2D eigenvalue weighted by molar-refractivity contribution is 5.29. The summed E-state index contributed by atoms with van der Waals surface area (Å²) in [6, 6.07) is 9.39. The van der Waals surface area contributed by atoms with Crippen LogP contribution in [-0.2, 0) is 13.0 Å². The van der Waals surface area contributed by atoms with Crippen LogP contribution in [0.2, 0.25) is 0 Å². The van der Waals surface area contributed by atoms with Gasteiger partial charge in [0.25, 0.3) is 0 Å². The molecule has 1 unspecified atom stereocenters. The Hall–Kier alpha value is -0.860. The summed E-state index contributed by atoms with van der Waals surface area (Å²) in [5, 5.41) is 7.22. The van der Waals surface area contributed by atoms with Crippen molar-refractivity contribution < 1.29 is 0 Å². The second-order valence-electron chi connectivity index (χ2n) is 6.14. The normalized spacial score (nSPS) is 18.6. The average molecular weight is 260 g/mol. The van der Waals surface area contributed by atoms with Gasteiger partial charge in [-0.05, 0) is 36.4 Å². The molecule has 1 atom stereocenters. The monoisotopic (exact) mass is 260 g/mol. The number of hydrogen-bond acceptors (Lipinski definition) is 2. The molecular formula is C17H28N2. The zero-order valence-corrected chi connectivity index (χ0v) is 12.4. The summed E-state index contributed by atoms with van der Waals surface area (Å²) in [6.45, 7) is 7.88.